The van der Waals surface area contributed by atoms with Crippen molar-refractivity contribution in [1.82, 2.24) is 0 Å². The summed E-state index contributed by atoms with van der Waals surface area (Å²) in [5.74, 6) is 0.712. The number of nitrogens with zero attached hydrogens (tertiary/aromatic N) is 1. The Morgan fingerprint density at radius 3 is 2.62 bits per heavy atom. The van der Waals surface area contributed by atoms with Crippen molar-refractivity contribution >= 4 is 6.08 Å². The second-order valence-corrected chi connectivity index (χ2v) is 3.38. The Hall–Kier alpha value is -1.79. The number of rotatable bonds is 5. The largest absolute Gasteiger partial charge is 0.479 e. The summed E-state index contributed by atoms with van der Waals surface area (Å²) in [6.07, 6.45) is 3.04. The molecule has 2 N–H and O–H groups in total. The predicted molar refractivity (Wildman–Crippen MR) is 64.9 cm³/mol. The van der Waals surface area contributed by atoms with Crippen molar-refractivity contribution in [1.29, 1.82) is 5.26 Å². The molecule has 16 heavy (non-hydrogen) atoms. The van der Waals surface area contributed by atoms with Gasteiger partial charge in [-0.15, -0.1) is 0 Å². The standard InChI is InChI=1S/C13H16N2O/c1-2-11(10-15)9-12-3-5-13(6-4-12)16-8-7-14/h3-6,9H,2,8,10,15H2,1H3. The topological polar surface area (TPSA) is 59.0 Å². The van der Waals surface area contributed by atoms with Crippen molar-refractivity contribution in [2.24, 2.45) is 5.73 Å². The van der Waals surface area contributed by atoms with Crippen LogP contribution in [-0.2, 0) is 0 Å². The average Bonchev–Trinajstić information content (AvgIpc) is 2.35. The van der Waals surface area contributed by atoms with Crippen LogP contribution in [-0.4, -0.2) is 13.2 Å². The molecule has 0 aromatic heterocycles. The maximum atomic E-state index is 8.37. The first-order chi connectivity index (χ1) is 7.80. The van der Waals surface area contributed by atoms with Crippen LogP contribution in [0.3, 0.4) is 0 Å². The minimum absolute atomic E-state index is 0.0815. The third-order valence-corrected chi connectivity index (χ3v) is 2.27. The van der Waals surface area contributed by atoms with Gasteiger partial charge in [-0.25, -0.2) is 0 Å². The molecule has 3 heteroatoms. The summed E-state index contributed by atoms with van der Waals surface area (Å²) in [5, 5.41) is 8.37. The highest BCUT2D eigenvalue weighted by Crippen LogP contribution is 2.15. The quantitative estimate of drug-likeness (QED) is 0.821. The summed E-state index contributed by atoms with van der Waals surface area (Å²) in [4.78, 5) is 0. The maximum absolute atomic E-state index is 8.37. The average molecular weight is 216 g/mol. The number of nitriles is 1. The highest BCUT2D eigenvalue weighted by atomic mass is 16.5. The third kappa shape index (κ3) is 3.76. The molecule has 0 atom stereocenters. The summed E-state index contributed by atoms with van der Waals surface area (Å²) in [6.45, 7) is 2.75. The zero-order valence-corrected chi connectivity index (χ0v) is 9.44. The van der Waals surface area contributed by atoms with Crippen molar-refractivity contribution in [2.75, 3.05) is 13.2 Å². The van der Waals surface area contributed by atoms with E-state index >= 15 is 0 Å². The van der Waals surface area contributed by atoms with Gasteiger partial charge in [0.25, 0.3) is 0 Å². The van der Waals surface area contributed by atoms with Crippen molar-refractivity contribution in [3.05, 3.63) is 35.4 Å². The minimum atomic E-state index is 0.0815. The Labute approximate surface area is 96.1 Å². The molecule has 0 aliphatic rings. The number of ether oxygens (including phenoxy) is 1. The molecule has 0 amide bonds. The molecule has 0 aliphatic carbocycles. The molecule has 0 saturated heterocycles. The zero-order valence-electron chi connectivity index (χ0n) is 9.44. The van der Waals surface area contributed by atoms with E-state index in [1.807, 2.05) is 30.3 Å². The van der Waals surface area contributed by atoms with Crippen molar-refractivity contribution < 1.29 is 4.74 Å². The molecule has 0 unspecified atom stereocenters. The SMILES string of the molecule is CCC(=Cc1ccc(OCC#N)cc1)CN. The molecule has 0 bridgehead atoms. The Bertz CT molecular complexity index is 381. The number of hydrogen-bond donors (Lipinski definition) is 1. The molecule has 0 saturated carbocycles. The van der Waals surface area contributed by atoms with Gasteiger partial charge in [0.2, 0.25) is 0 Å². The second kappa shape index (κ2) is 6.65. The fourth-order valence-corrected chi connectivity index (χ4v) is 1.32. The molecular weight excluding hydrogens is 200 g/mol. The van der Waals surface area contributed by atoms with Crippen LogP contribution in [0.25, 0.3) is 6.08 Å². The third-order valence-electron chi connectivity index (χ3n) is 2.27. The van der Waals surface area contributed by atoms with Crippen LogP contribution in [0.2, 0.25) is 0 Å². The van der Waals surface area contributed by atoms with E-state index < -0.39 is 0 Å². The highest BCUT2D eigenvalue weighted by Gasteiger charge is 1.95. The van der Waals surface area contributed by atoms with Gasteiger partial charge in [0, 0.05) is 6.54 Å². The molecule has 0 spiro atoms. The predicted octanol–water partition coefficient (Wildman–Crippen LogP) is 2.34. The van der Waals surface area contributed by atoms with E-state index in [2.05, 4.69) is 13.0 Å². The van der Waals surface area contributed by atoms with Crippen LogP contribution in [0.4, 0.5) is 0 Å². The van der Waals surface area contributed by atoms with Gasteiger partial charge >= 0.3 is 0 Å². The van der Waals surface area contributed by atoms with Gasteiger partial charge in [0.15, 0.2) is 6.61 Å². The molecule has 0 radical (unpaired) electrons. The molecule has 84 valence electrons. The minimum Gasteiger partial charge on any atom is -0.479 e. The first-order valence-corrected chi connectivity index (χ1v) is 5.29. The maximum Gasteiger partial charge on any atom is 0.174 e. The lowest BCUT2D eigenvalue weighted by Crippen LogP contribution is -2.01. The molecular formula is C13H16N2O. The fraction of sp³-hybridized carbons (Fsp3) is 0.308. The van der Waals surface area contributed by atoms with Gasteiger partial charge in [-0.05, 0) is 24.1 Å². The lowest BCUT2D eigenvalue weighted by molar-refractivity contribution is 0.368. The first kappa shape index (κ1) is 12.3. The smallest absolute Gasteiger partial charge is 0.174 e. The van der Waals surface area contributed by atoms with Gasteiger partial charge in [-0.3, -0.25) is 0 Å². The lowest BCUT2D eigenvalue weighted by Gasteiger charge is -2.03. The normalized spacial score (nSPS) is 10.9. The molecule has 1 aromatic rings. The highest BCUT2D eigenvalue weighted by molar-refractivity contribution is 5.54. The molecule has 1 rings (SSSR count). The Morgan fingerprint density at radius 1 is 1.44 bits per heavy atom. The Morgan fingerprint density at radius 2 is 2.12 bits per heavy atom. The monoisotopic (exact) mass is 216 g/mol. The van der Waals surface area contributed by atoms with Crippen LogP contribution in [0.15, 0.2) is 29.8 Å². The molecule has 0 aliphatic heterocycles. The van der Waals surface area contributed by atoms with E-state index in [1.54, 1.807) is 0 Å². The molecule has 1 aromatic carbocycles. The van der Waals surface area contributed by atoms with Crippen LogP contribution in [0, 0.1) is 11.3 Å². The lowest BCUT2D eigenvalue weighted by atomic mass is 10.1. The van der Waals surface area contributed by atoms with Gasteiger partial charge in [0.05, 0.1) is 0 Å². The van der Waals surface area contributed by atoms with Crippen molar-refractivity contribution in [3.8, 4) is 11.8 Å². The van der Waals surface area contributed by atoms with E-state index in [1.165, 1.54) is 5.57 Å². The molecule has 0 fully saturated rings. The number of benzene rings is 1. The summed E-state index contributed by atoms with van der Waals surface area (Å²) in [6, 6.07) is 9.55. The van der Waals surface area contributed by atoms with Gasteiger partial charge in [-0.2, -0.15) is 5.26 Å². The van der Waals surface area contributed by atoms with E-state index in [4.69, 9.17) is 15.7 Å². The van der Waals surface area contributed by atoms with Crippen LogP contribution < -0.4 is 10.5 Å². The van der Waals surface area contributed by atoms with Crippen LogP contribution in [0.5, 0.6) is 5.75 Å². The van der Waals surface area contributed by atoms with Crippen molar-refractivity contribution in [3.63, 3.8) is 0 Å². The number of hydrogen-bond acceptors (Lipinski definition) is 3. The summed E-state index contributed by atoms with van der Waals surface area (Å²) < 4.78 is 5.16. The van der Waals surface area contributed by atoms with Crippen LogP contribution in [0.1, 0.15) is 18.9 Å². The van der Waals surface area contributed by atoms with Crippen LogP contribution >= 0.6 is 0 Å². The second-order valence-electron chi connectivity index (χ2n) is 3.38. The van der Waals surface area contributed by atoms with Crippen molar-refractivity contribution in [2.45, 2.75) is 13.3 Å². The molecule has 3 nitrogen and oxygen atoms in total. The summed E-state index contributed by atoms with van der Waals surface area (Å²) in [7, 11) is 0. The zero-order chi connectivity index (χ0) is 11.8. The van der Waals surface area contributed by atoms with E-state index in [0.717, 1.165) is 12.0 Å². The first-order valence-electron chi connectivity index (χ1n) is 5.29. The molecule has 0 heterocycles. The Kier molecular flexibility index (Phi) is 5.10. The summed E-state index contributed by atoms with van der Waals surface area (Å²) >= 11 is 0. The van der Waals surface area contributed by atoms with E-state index in [-0.39, 0.29) is 6.61 Å². The van der Waals surface area contributed by atoms with E-state index in [9.17, 15) is 0 Å². The summed E-state index contributed by atoms with van der Waals surface area (Å²) in [5.41, 5.74) is 7.91. The van der Waals surface area contributed by atoms with Gasteiger partial charge in [0.1, 0.15) is 11.8 Å². The fourth-order valence-electron chi connectivity index (χ4n) is 1.32. The van der Waals surface area contributed by atoms with Gasteiger partial charge < -0.3 is 10.5 Å². The number of nitrogens with two attached hydrogens (primary N) is 1. The Balaban J connectivity index is 2.71. The van der Waals surface area contributed by atoms with E-state index in [0.29, 0.717) is 12.3 Å². The van der Waals surface area contributed by atoms with Gasteiger partial charge in [-0.1, -0.05) is 30.7 Å².